The molecule has 15 N–H and O–H groups in total. The fourth-order valence-corrected chi connectivity index (χ4v) is 21.4. The van der Waals surface area contributed by atoms with E-state index < -0.39 is 106 Å². The van der Waals surface area contributed by atoms with Crippen LogP contribution in [0.4, 0.5) is 21.0 Å². The largest absolute Gasteiger partial charge is 0.445 e. The van der Waals surface area contributed by atoms with Crippen LogP contribution in [0.25, 0.3) is 0 Å². The van der Waals surface area contributed by atoms with Crippen LogP contribution in [0.3, 0.4) is 0 Å². The van der Waals surface area contributed by atoms with Crippen molar-refractivity contribution >= 4 is 93.9 Å². The van der Waals surface area contributed by atoms with Gasteiger partial charge >= 0.3 is 12.1 Å². The summed E-state index contributed by atoms with van der Waals surface area (Å²) in [5.41, 5.74) is 11.5. The number of nitrogens with one attached hydrogen (secondary N) is 10. The van der Waals surface area contributed by atoms with Gasteiger partial charge in [0.05, 0.1) is 176 Å². The van der Waals surface area contributed by atoms with Crippen molar-refractivity contribution in [1.82, 2.24) is 42.5 Å². The number of amides is 12. The first-order valence-electron chi connectivity index (χ1n) is 54.3. The number of nitrogens with two attached hydrogens (primary N) is 2. The molecule has 0 bridgehead atoms. The highest BCUT2D eigenvalue weighted by molar-refractivity contribution is 6.44. The number of hydrazone groups is 1. The number of hydrogen-bond donors (Lipinski definition) is 13. The Labute approximate surface area is 885 Å². The van der Waals surface area contributed by atoms with Crippen molar-refractivity contribution in [3.8, 4) is 11.8 Å². The van der Waals surface area contributed by atoms with Gasteiger partial charge in [-0.25, -0.2) is 9.59 Å². The lowest BCUT2D eigenvalue weighted by atomic mass is 9.49. The molecule has 9 rings (SSSR count). The number of aliphatic imine (C=N–C) groups is 1. The topological polar surface area (TPSA) is 524 Å². The van der Waals surface area contributed by atoms with Crippen molar-refractivity contribution in [3.05, 3.63) is 94.0 Å². The minimum absolute atomic E-state index is 0.0246. The molecule has 0 radical (unpaired) electrons. The van der Waals surface area contributed by atoms with Gasteiger partial charge in [-0.2, -0.15) is 5.10 Å². The molecule has 2 unspecified atom stereocenters. The molecule has 150 heavy (non-hydrogen) atoms. The number of likely N-dealkylation sites (N-methyl/N-ethyl adjacent to an activating group) is 1. The van der Waals surface area contributed by atoms with Crippen molar-refractivity contribution in [1.29, 1.82) is 0 Å². The number of unbranched alkanes of at least 4 members (excludes halogenated alkanes) is 1. The molecule has 3 fully saturated rings. The first-order chi connectivity index (χ1) is 72.0. The summed E-state index contributed by atoms with van der Waals surface area (Å²) in [5.74, 6) is 6.57. The molecule has 0 aromatic heterocycles. The van der Waals surface area contributed by atoms with Crippen LogP contribution in [0.5, 0.6) is 0 Å². The Bertz CT molecular complexity index is 4950. The Kier molecular flexibility index (Phi) is 52.9. The molecule has 0 spiro atoms. The van der Waals surface area contributed by atoms with Crippen LogP contribution in [0.2, 0.25) is 0 Å². The molecule has 0 heterocycles. The van der Waals surface area contributed by atoms with Crippen molar-refractivity contribution < 1.29 is 119 Å². The van der Waals surface area contributed by atoms with Gasteiger partial charge in [0.2, 0.25) is 53.2 Å². The summed E-state index contributed by atoms with van der Waals surface area (Å²) in [5, 5.41) is 42.7. The highest BCUT2D eigenvalue weighted by Gasteiger charge is 2.59. The molecule has 6 aliphatic rings. The Morgan fingerprint density at radius 2 is 1.06 bits per heavy atom. The highest BCUT2D eigenvalue weighted by atomic mass is 16.6. The van der Waals surface area contributed by atoms with E-state index in [-0.39, 0.29) is 151 Å². The normalized spacial score (nSPS) is 21.9. The minimum atomic E-state index is -1.43. The third kappa shape index (κ3) is 40.8. The van der Waals surface area contributed by atoms with Gasteiger partial charge in [-0.15, -0.1) is 5.92 Å². The third-order valence-corrected chi connectivity index (χ3v) is 29.7. The maximum Gasteiger partial charge on any atom is 0.408 e. The Hall–Kier alpha value is -10.5. The number of alkyl carbamates (subject to hydrolysis) is 1. The lowest BCUT2D eigenvalue weighted by molar-refractivity contribution is -0.869. The predicted molar refractivity (Wildman–Crippen MR) is 568 cm³/mol. The number of ketones is 1. The fraction of sp³-hybridized carbons (Fsp3) is 0.694. The molecule has 12 amide bonds. The van der Waals surface area contributed by atoms with Gasteiger partial charge in [0.15, 0.2) is 5.78 Å². The van der Waals surface area contributed by atoms with Crippen LogP contribution in [-0.4, -0.2) is 308 Å². The first kappa shape index (κ1) is 123. The summed E-state index contributed by atoms with van der Waals surface area (Å²) in [6.07, 6.45) is 15.6. The summed E-state index contributed by atoms with van der Waals surface area (Å²) in [6.45, 7) is 19.7. The van der Waals surface area contributed by atoms with E-state index in [1.165, 1.54) is 16.7 Å². The van der Waals surface area contributed by atoms with Gasteiger partial charge in [-0.1, -0.05) is 122 Å². The zero-order valence-electron chi connectivity index (χ0n) is 90.5. The maximum absolute atomic E-state index is 14.9. The van der Waals surface area contributed by atoms with Crippen molar-refractivity contribution in [2.24, 2.45) is 56.2 Å². The molecule has 0 aliphatic heterocycles. The number of aliphatic hydroxyl groups is 1. The number of hydrogen-bond acceptors (Lipinski definition) is 27. The smallest absolute Gasteiger partial charge is 0.408 e. The average molecular weight is 2100 g/mol. The average Bonchev–Trinajstić information content (AvgIpc) is 0.722. The monoisotopic (exact) mass is 2100 g/mol. The van der Waals surface area contributed by atoms with Crippen molar-refractivity contribution in [3.63, 3.8) is 0 Å². The number of quaternary nitrogens is 1. The van der Waals surface area contributed by atoms with E-state index in [1.807, 2.05) is 19.1 Å². The second-order valence-electron chi connectivity index (χ2n) is 42.6. The zero-order valence-corrected chi connectivity index (χ0v) is 90.5. The van der Waals surface area contributed by atoms with Crippen molar-refractivity contribution in [2.75, 3.05) is 197 Å². The minimum Gasteiger partial charge on any atom is -0.445 e. The summed E-state index contributed by atoms with van der Waals surface area (Å²) in [7, 11) is 6.21. The number of aliphatic hydroxyl groups excluding tert-OH is 1. The number of aryl methyl sites for hydroxylation is 3. The van der Waals surface area contributed by atoms with Gasteiger partial charge in [-0.05, 0) is 210 Å². The zero-order chi connectivity index (χ0) is 108. The molecule has 834 valence electrons. The second kappa shape index (κ2) is 64.5. The van der Waals surface area contributed by atoms with E-state index in [0.29, 0.717) is 166 Å². The number of nitrogens with zero attached hydrogens (tertiary/aromatic N) is 3. The van der Waals surface area contributed by atoms with E-state index in [9.17, 15) is 62.6 Å². The number of fused-ring (bicyclic) bond motifs is 6. The molecular formula is C111H172N15O24+. The summed E-state index contributed by atoms with van der Waals surface area (Å²) in [4.78, 5) is 169. The van der Waals surface area contributed by atoms with Gasteiger partial charge in [0.1, 0.15) is 49.8 Å². The van der Waals surface area contributed by atoms with Gasteiger partial charge in [-0.3, -0.25) is 58.3 Å². The molecule has 3 saturated carbocycles. The van der Waals surface area contributed by atoms with Crippen LogP contribution in [0.1, 0.15) is 242 Å². The summed E-state index contributed by atoms with van der Waals surface area (Å²) < 4.78 is 63.3. The molecule has 39 nitrogen and oxygen atoms in total. The second-order valence-corrected chi connectivity index (χ2v) is 42.6. The molecule has 12 atom stereocenters. The molecule has 3 aromatic rings. The number of carbonyl (C=O) groups is 12. The number of urea groups is 1. The number of ether oxygens (including phenoxy) is 11. The Morgan fingerprint density at radius 1 is 0.513 bits per heavy atom. The van der Waals surface area contributed by atoms with Gasteiger partial charge in [0.25, 0.3) is 0 Å². The molecule has 39 heteroatoms. The van der Waals surface area contributed by atoms with E-state index in [2.05, 4.69) is 137 Å². The Morgan fingerprint density at radius 3 is 1.67 bits per heavy atom. The fourth-order valence-electron chi connectivity index (χ4n) is 21.4. The summed E-state index contributed by atoms with van der Waals surface area (Å²) >= 11 is 0. The number of Topliss-reactive ketones (excluding diaryl/α,β-unsaturated/α-hetero) is 1. The number of rotatable bonds is 65. The number of anilines is 2. The lowest BCUT2D eigenvalue weighted by Gasteiger charge is -2.56. The van der Waals surface area contributed by atoms with Gasteiger partial charge < -0.3 is 121 Å². The highest BCUT2D eigenvalue weighted by Crippen LogP contribution is 2.60. The third-order valence-electron chi connectivity index (χ3n) is 29.7. The van der Waals surface area contributed by atoms with Crippen LogP contribution in [0, 0.1) is 53.3 Å². The van der Waals surface area contributed by atoms with Gasteiger partial charge in [0, 0.05) is 62.6 Å². The van der Waals surface area contributed by atoms with E-state index in [0.717, 1.165) is 118 Å². The predicted octanol–water partition coefficient (Wildman–Crippen LogP) is 8.77. The van der Waals surface area contributed by atoms with Crippen LogP contribution < -0.4 is 64.7 Å². The van der Waals surface area contributed by atoms with Crippen LogP contribution in [-0.2, 0) is 130 Å². The Balaban J connectivity index is 0.726. The number of carbonyl (C=O) groups excluding carboxylic acids is 12. The lowest BCUT2D eigenvalue weighted by Crippen LogP contribution is -2.60. The molecule has 0 saturated heterocycles. The number of primary amides is 1. The van der Waals surface area contributed by atoms with Crippen LogP contribution in [0.15, 0.2) is 70.8 Å². The number of benzene rings is 3. The van der Waals surface area contributed by atoms with E-state index in [1.54, 1.807) is 44.2 Å². The summed E-state index contributed by atoms with van der Waals surface area (Å²) in [6, 6.07) is 14.2. The molecular weight excluding hydrogens is 1930 g/mol. The van der Waals surface area contributed by atoms with E-state index >= 15 is 0 Å². The quantitative estimate of drug-likeness (QED) is 0.00627. The molecule has 6 aliphatic carbocycles. The van der Waals surface area contributed by atoms with E-state index in [4.69, 9.17) is 68.7 Å². The first-order valence-corrected chi connectivity index (χ1v) is 54.3. The SMILES string of the molecule is Cc1ccc2c(c1)[C@@]1(C)CCC[C@](C)(C(=O)NC(=O)[C@@]3(C)CCC[C@]4(C)c5cc(NC(=O)[C@H](CO)NC(=O)OCc6ccc(NC(=O)[C@H](CCCNC(N)=O)CC(=O)[C@@H](NC(=O)[C@@H](CCCCNC(=O)COC7CCCCCC(=NCCOCCOCCOCCOCCC(=O)NCC[N+](C)(C)C)C7=NN)NC(=O)CCOCCOCCOCCOCCNC(=O)COC7C#CCCCCC7)C(C)C)cc6)ccc5CC[C@@H]34)[C@@H]1CC2. The molecule has 3 aromatic carbocycles. The maximum atomic E-state index is 14.9. The number of imide groups is 1. The van der Waals surface area contributed by atoms with Crippen molar-refractivity contribution in [2.45, 2.75) is 276 Å². The van der Waals surface area contributed by atoms with Crippen LogP contribution >= 0.6 is 0 Å². The standard InChI is InChI=1S/C111H171N15O24/c1-77(2)99(91(128)71-82(24-21-49-118-106(112)138)101(133)119-83-37-31-79(32-38-83)74-150-107(139)122-90(73-127)103(135)120-84-39-34-81-36-41-94-109(5,87(81)72-84)45-23-47-111(94,7)105(137)124-104(136)110(6)46-22-44-108(4)86-70-78(3)30-33-80(86)35-40-93(108)110)123-102(134)89(121-96(130)43-55-141-59-63-145-67-69-147-65-61-143-57-52-117-97(131)75-148-85-25-15-12-11-13-16-26-85)28-19-20-48-115-98(132)76-149-92-29-18-14-17-27-88(100(92)125-113)114-51-56-142-60-64-146-68-66-144-62-58-140-54-42-95(129)116-50-53-126(8,9)10/h30-34,37-39,70,72,77,82,85,89-90,92-94,99,127H,11-15,17-25,27-29,35-36,40-69,71,73-76H2,1-10H3,(H13-,112,113,114,115,116,117,118,119,120,121,122,123,124,129,130,131,132,133,134,135,136,137,138,139)/p+1/t82-,85?,89-,90+,92?,93-,94-,99+,108-,109-,110+,111+/m1/s1.